The van der Waals surface area contributed by atoms with E-state index in [1.807, 2.05) is 0 Å². The summed E-state index contributed by atoms with van der Waals surface area (Å²) in [4.78, 5) is 22.1. The molecule has 0 aliphatic rings. The van der Waals surface area contributed by atoms with Crippen molar-refractivity contribution >= 4 is 11.9 Å². The minimum absolute atomic E-state index is 0.155. The fourth-order valence-corrected chi connectivity index (χ4v) is 2.88. The van der Waals surface area contributed by atoms with Gasteiger partial charge in [-0.15, -0.1) is 0 Å². The van der Waals surface area contributed by atoms with Gasteiger partial charge < -0.3 is 16.2 Å². The van der Waals surface area contributed by atoms with Crippen LogP contribution in [0.15, 0.2) is 0 Å². The van der Waals surface area contributed by atoms with Gasteiger partial charge in [-0.3, -0.25) is 9.59 Å². The Hall–Kier alpha value is -1.10. The topological polar surface area (TPSA) is 95.4 Å². The van der Waals surface area contributed by atoms with E-state index in [9.17, 15) is 9.59 Å². The second kappa shape index (κ2) is 17.7. The van der Waals surface area contributed by atoms with Gasteiger partial charge in [-0.2, -0.15) is 0 Å². The summed E-state index contributed by atoms with van der Waals surface area (Å²) in [5, 5.41) is 0. The Balaban J connectivity index is 3.21. The summed E-state index contributed by atoms with van der Waals surface area (Å²) in [6.45, 7) is 2.64. The summed E-state index contributed by atoms with van der Waals surface area (Å²) < 4.78 is 5.04. The molecule has 0 bridgehead atoms. The Morgan fingerprint density at radius 2 is 1.16 bits per heavy atom. The van der Waals surface area contributed by atoms with Crippen molar-refractivity contribution in [2.75, 3.05) is 6.61 Å². The zero-order valence-corrected chi connectivity index (χ0v) is 16.3. The number of ether oxygens (including phenoxy) is 1. The maximum atomic E-state index is 11.5. The number of primary amides is 1. The van der Waals surface area contributed by atoms with Crippen LogP contribution in [0, 0.1) is 0 Å². The van der Waals surface area contributed by atoms with E-state index < -0.39 is 17.9 Å². The molecular formula is C20H40N2O3. The molecule has 0 aromatic heterocycles. The molecule has 1 amide bonds. The molecule has 148 valence electrons. The maximum absolute atomic E-state index is 11.5. The lowest BCUT2D eigenvalue weighted by Gasteiger charge is -2.09. The van der Waals surface area contributed by atoms with E-state index in [-0.39, 0.29) is 6.42 Å². The monoisotopic (exact) mass is 356 g/mol. The molecule has 25 heavy (non-hydrogen) atoms. The zero-order valence-electron chi connectivity index (χ0n) is 16.3. The molecular weight excluding hydrogens is 316 g/mol. The van der Waals surface area contributed by atoms with Gasteiger partial charge in [0.15, 0.2) is 0 Å². The largest absolute Gasteiger partial charge is 0.465 e. The third kappa shape index (κ3) is 17.5. The molecule has 0 aliphatic heterocycles. The van der Waals surface area contributed by atoms with Crippen LogP contribution in [0.25, 0.3) is 0 Å². The second-order valence-electron chi connectivity index (χ2n) is 7.04. The van der Waals surface area contributed by atoms with Crippen molar-refractivity contribution in [3.8, 4) is 0 Å². The van der Waals surface area contributed by atoms with Crippen LogP contribution in [-0.2, 0) is 14.3 Å². The molecule has 0 heterocycles. The van der Waals surface area contributed by atoms with Gasteiger partial charge in [0.1, 0.15) is 6.04 Å². The molecule has 5 heteroatoms. The lowest BCUT2D eigenvalue weighted by atomic mass is 10.0. The van der Waals surface area contributed by atoms with E-state index in [0.717, 1.165) is 12.8 Å². The highest BCUT2D eigenvalue weighted by molar-refractivity contribution is 5.84. The Labute approximate surface area is 154 Å². The second-order valence-corrected chi connectivity index (χ2v) is 7.04. The average Bonchev–Trinajstić information content (AvgIpc) is 2.57. The number of hydrogen-bond acceptors (Lipinski definition) is 4. The summed E-state index contributed by atoms with van der Waals surface area (Å²) in [5.41, 5.74) is 10.5. The molecule has 0 rings (SSSR count). The predicted molar refractivity (Wildman–Crippen MR) is 103 cm³/mol. The number of carbonyl (C=O) groups is 2. The van der Waals surface area contributed by atoms with Crippen molar-refractivity contribution in [3.63, 3.8) is 0 Å². The first-order chi connectivity index (χ1) is 12.1. The maximum Gasteiger partial charge on any atom is 0.323 e. The fraction of sp³-hybridized carbons (Fsp3) is 0.900. The van der Waals surface area contributed by atoms with E-state index in [0.29, 0.717) is 6.61 Å². The first-order valence-electron chi connectivity index (χ1n) is 10.3. The minimum atomic E-state index is -0.927. The zero-order chi connectivity index (χ0) is 18.8. The molecule has 0 saturated carbocycles. The molecule has 0 aromatic carbocycles. The number of hydrogen-bond donors (Lipinski definition) is 2. The third-order valence-corrected chi connectivity index (χ3v) is 4.47. The number of esters is 1. The predicted octanol–water partition coefficient (Wildman–Crippen LogP) is 4.21. The van der Waals surface area contributed by atoms with Crippen LogP contribution in [-0.4, -0.2) is 24.5 Å². The molecule has 1 unspecified atom stereocenters. The Bertz CT molecular complexity index is 335. The van der Waals surface area contributed by atoms with Gasteiger partial charge in [-0.25, -0.2) is 0 Å². The van der Waals surface area contributed by atoms with Crippen LogP contribution >= 0.6 is 0 Å². The molecule has 0 aromatic rings. The Morgan fingerprint density at radius 1 is 0.760 bits per heavy atom. The van der Waals surface area contributed by atoms with Gasteiger partial charge in [-0.05, 0) is 6.42 Å². The van der Waals surface area contributed by atoms with E-state index >= 15 is 0 Å². The molecule has 1 atom stereocenters. The van der Waals surface area contributed by atoms with Crippen molar-refractivity contribution < 1.29 is 14.3 Å². The first-order valence-corrected chi connectivity index (χ1v) is 10.3. The van der Waals surface area contributed by atoms with Crippen LogP contribution in [0.4, 0.5) is 0 Å². The van der Waals surface area contributed by atoms with Crippen molar-refractivity contribution in [1.29, 1.82) is 0 Å². The van der Waals surface area contributed by atoms with E-state index in [1.54, 1.807) is 0 Å². The van der Waals surface area contributed by atoms with Gasteiger partial charge in [-0.1, -0.05) is 90.4 Å². The number of unbranched alkanes of at least 4 members (excludes halogenated alkanes) is 13. The van der Waals surface area contributed by atoms with Crippen LogP contribution < -0.4 is 11.5 Å². The van der Waals surface area contributed by atoms with E-state index in [4.69, 9.17) is 16.2 Å². The Morgan fingerprint density at radius 3 is 1.56 bits per heavy atom. The number of carbonyl (C=O) groups excluding carboxylic acids is 2. The van der Waals surface area contributed by atoms with Crippen LogP contribution in [0.1, 0.15) is 103 Å². The molecule has 0 radical (unpaired) electrons. The van der Waals surface area contributed by atoms with E-state index in [2.05, 4.69) is 6.92 Å². The smallest absolute Gasteiger partial charge is 0.323 e. The normalized spacial score (nSPS) is 12.1. The molecule has 0 aliphatic carbocycles. The van der Waals surface area contributed by atoms with Gasteiger partial charge in [0.25, 0.3) is 0 Å². The number of amides is 1. The SMILES string of the molecule is CCCCCCCCCCCCCCCCOC(=O)C(N)CC(N)=O. The first kappa shape index (κ1) is 23.9. The molecule has 0 fully saturated rings. The highest BCUT2D eigenvalue weighted by Crippen LogP contribution is 2.12. The van der Waals surface area contributed by atoms with Crippen LogP contribution in [0.5, 0.6) is 0 Å². The van der Waals surface area contributed by atoms with E-state index in [1.165, 1.54) is 77.0 Å². The Kier molecular flexibility index (Phi) is 16.9. The highest BCUT2D eigenvalue weighted by atomic mass is 16.5. The summed E-state index contributed by atoms with van der Waals surface area (Å²) in [5.74, 6) is -1.12. The van der Waals surface area contributed by atoms with Gasteiger partial charge in [0, 0.05) is 0 Å². The summed E-state index contributed by atoms with van der Waals surface area (Å²) in [6.07, 6.45) is 17.9. The fourth-order valence-electron chi connectivity index (χ4n) is 2.88. The van der Waals surface area contributed by atoms with Crippen molar-refractivity contribution in [3.05, 3.63) is 0 Å². The lowest BCUT2D eigenvalue weighted by Crippen LogP contribution is -2.36. The van der Waals surface area contributed by atoms with Crippen LogP contribution in [0.2, 0.25) is 0 Å². The molecule has 0 saturated heterocycles. The molecule has 4 N–H and O–H groups in total. The average molecular weight is 357 g/mol. The molecule has 5 nitrogen and oxygen atoms in total. The standard InChI is InChI=1S/C20H40N2O3/c1-2-3-4-5-6-7-8-9-10-11-12-13-14-15-16-25-20(24)18(21)17-19(22)23/h18H,2-17,21H2,1H3,(H2,22,23). The van der Waals surface area contributed by atoms with Crippen molar-refractivity contribution in [2.45, 2.75) is 109 Å². The third-order valence-electron chi connectivity index (χ3n) is 4.47. The van der Waals surface area contributed by atoms with Crippen LogP contribution in [0.3, 0.4) is 0 Å². The lowest BCUT2D eigenvalue weighted by molar-refractivity contribution is -0.146. The highest BCUT2D eigenvalue weighted by Gasteiger charge is 2.16. The molecule has 0 spiro atoms. The van der Waals surface area contributed by atoms with Gasteiger partial charge >= 0.3 is 5.97 Å². The summed E-state index contributed by atoms with van der Waals surface area (Å²) in [6, 6.07) is -0.927. The number of rotatable bonds is 18. The number of nitrogens with two attached hydrogens (primary N) is 2. The van der Waals surface area contributed by atoms with Gasteiger partial charge in [0.2, 0.25) is 5.91 Å². The van der Waals surface area contributed by atoms with Crippen molar-refractivity contribution in [1.82, 2.24) is 0 Å². The minimum Gasteiger partial charge on any atom is -0.465 e. The summed E-state index contributed by atoms with van der Waals surface area (Å²) in [7, 11) is 0. The van der Waals surface area contributed by atoms with Crippen molar-refractivity contribution in [2.24, 2.45) is 11.5 Å². The quantitative estimate of drug-likeness (QED) is 0.284. The van der Waals surface area contributed by atoms with Gasteiger partial charge in [0.05, 0.1) is 13.0 Å². The summed E-state index contributed by atoms with van der Waals surface area (Å²) >= 11 is 0.